The molecule has 0 N–H and O–H groups in total. The summed E-state index contributed by atoms with van der Waals surface area (Å²) in [7, 11) is 0. The molecular formula is C20H26N2O2. The Morgan fingerprint density at radius 3 is 2.17 bits per heavy atom. The molecule has 1 fully saturated rings. The van der Waals surface area contributed by atoms with Crippen LogP contribution >= 0.6 is 0 Å². The number of aryl methyl sites for hydroxylation is 3. The van der Waals surface area contributed by atoms with Crippen molar-refractivity contribution in [2.24, 2.45) is 0 Å². The Bertz CT molecular complexity index is 768. The number of piperazine rings is 1. The van der Waals surface area contributed by atoms with Crippen LogP contribution in [0.4, 0.5) is 5.69 Å². The van der Waals surface area contributed by atoms with Gasteiger partial charge in [-0.25, -0.2) is 0 Å². The second-order valence-electron chi connectivity index (χ2n) is 6.71. The number of hydrogen-bond acceptors (Lipinski definition) is 3. The minimum absolute atomic E-state index is 0.0995. The second kappa shape index (κ2) is 6.34. The minimum Gasteiger partial charge on any atom is -0.466 e. The van der Waals surface area contributed by atoms with Gasteiger partial charge in [-0.15, -0.1) is 0 Å². The van der Waals surface area contributed by atoms with Gasteiger partial charge in [-0.1, -0.05) is 12.1 Å². The quantitative estimate of drug-likeness (QED) is 0.842. The van der Waals surface area contributed by atoms with Crippen molar-refractivity contribution in [3.05, 3.63) is 52.0 Å². The van der Waals surface area contributed by atoms with E-state index in [0.29, 0.717) is 0 Å². The predicted molar refractivity (Wildman–Crippen MR) is 97.0 cm³/mol. The molecule has 1 aromatic carbocycles. The molecule has 0 atom stereocenters. The van der Waals surface area contributed by atoms with Gasteiger partial charge in [-0.05, 0) is 51.8 Å². The molecule has 0 aliphatic carbocycles. The summed E-state index contributed by atoms with van der Waals surface area (Å²) in [5.74, 6) is 1.67. The lowest BCUT2D eigenvalue weighted by Crippen LogP contribution is -2.49. The molecule has 128 valence electrons. The molecule has 2 aromatic rings. The van der Waals surface area contributed by atoms with Crippen molar-refractivity contribution >= 4 is 11.6 Å². The molecule has 0 unspecified atom stereocenters. The molecule has 0 bridgehead atoms. The summed E-state index contributed by atoms with van der Waals surface area (Å²) in [6, 6.07) is 6.43. The van der Waals surface area contributed by atoms with Gasteiger partial charge in [0.05, 0.1) is 5.56 Å². The lowest BCUT2D eigenvalue weighted by atomic mass is 10.1. The van der Waals surface area contributed by atoms with E-state index < -0.39 is 0 Å². The molecule has 0 saturated carbocycles. The van der Waals surface area contributed by atoms with E-state index in [0.717, 1.165) is 48.8 Å². The van der Waals surface area contributed by atoms with Gasteiger partial charge in [-0.3, -0.25) is 4.79 Å². The molecule has 1 aliphatic heterocycles. The molecule has 1 aliphatic rings. The van der Waals surface area contributed by atoms with Gasteiger partial charge < -0.3 is 14.2 Å². The smallest absolute Gasteiger partial charge is 0.257 e. The third-order valence-corrected chi connectivity index (χ3v) is 5.26. The first-order valence-electron chi connectivity index (χ1n) is 8.57. The van der Waals surface area contributed by atoms with Gasteiger partial charge in [-0.2, -0.15) is 0 Å². The Morgan fingerprint density at radius 1 is 0.917 bits per heavy atom. The highest BCUT2D eigenvalue weighted by molar-refractivity contribution is 5.97. The lowest BCUT2D eigenvalue weighted by Gasteiger charge is -2.37. The fourth-order valence-electron chi connectivity index (χ4n) is 3.50. The third-order valence-electron chi connectivity index (χ3n) is 5.26. The first-order chi connectivity index (χ1) is 11.4. The summed E-state index contributed by atoms with van der Waals surface area (Å²) in [6.07, 6.45) is 0. The van der Waals surface area contributed by atoms with Gasteiger partial charge in [0.2, 0.25) is 0 Å². The Labute approximate surface area is 144 Å². The molecule has 1 amide bonds. The predicted octanol–water partition coefficient (Wildman–Crippen LogP) is 3.78. The molecule has 4 heteroatoms. The van der Waals surface area contributed by atoms with E-state index in [9.17, 15) is 4.79 Å². The van der Waals surface area contributed by atoms with Crippen molar-refractivity contribution in [3.8, 4) is 0 Å². The Hall–Kier alpha value is -2.23. The number of furan rings is 1. The second-order valence-corrected chi connectivity index (χ2v) is 6.71. The number of hydrogen-bond donors (Lipinski definition) is 0. The summed E-state index contributed by atoms with van der Waals surface area (Å²) in [5, 5.41) is 0. The number of carbonyl (C=O) groups excluding carboxylic acids is 1. The molecule has 4 nitrogen and oxygen atoms in total. The van der Waals surface area contributed by atoms with E-state index in [1.807, 2.05) is 25.7 Å². The van der Waals surface area contributed by atoms with Crippen LogP contribution in [0, 0.1) is 34.6 Å². The maximum absolute atomic E-state index is 12.9. The zero-order valence-electron chi connectivity index (χ0n) is 15.3. The van der Waals surface area contributed by atoms with Crippen molar-refractivity contribution in [1.29, 1.82) is 0 Å². The summed E-state index contributed by atoms with van der Waals surface area (Å²) < 4.78 is 5.62. The number of amides is 1. The van der Waals surface area contributed by atoms with Crippen LogP contribution in [0.5, 0.6) is 0 Å². The molecule has 3 rings (SSSR count). The molecule has 2 heterocycles. The normalized spacial score (nSPS) is 15.0. The third kappa shape index (κ3) is 2.81. The first-order valence-corrected chi connectivity index (χ1v) is 8.57. The molecule has 1 saturated heterocycles. The molecule has 0 radical (unpaired) electrons. The largest absolute Gasteiger partial charge is 0.466 e. The lowest BCUT2D eigenvalue weighted by molar-refractivity contribution is 0.0744. The van der Waals surface area contributed by atoms with Crippen LogP contribution in [0.2, 0.25) is 0 Å². The average Bonchev–Trinajstić information content (AvgIpc) is 2.82. The van der Waals surface area contributed by atoms with E-state index in [1.54, 1.807) is 0 Å². The Balaban J connectivity index is 1.73. The van der Waals surface area contributed by atoms with Crippen LogP contribution in [0.1, 0.15) is 38.6 Å². The highest BCUT2D eigenvalue weighted by Crippen LogP contribution is 2.26. The van der Waals surface area contributed by atoms with Crippen molar-refractivity contribution in [2.75, 3.05) is 31.1 Å². The standard InChI is InChI=1S/C20H26N2O2/c1-13-7-6-8-18(14(13)2)21-9-11-22(12-10-21)20(23)19-15(3)16(4)24-17(19)5/h6-8H,9-12H2,1-5H3. The minimum atomic E-state index is 0.0995. The number of benzene rings is 1. The average molecular weight is 326 g/mol. The van der Waals surface area contributed by atoms with E-state index >= 15 is 0 Å². The van der Waals surface area contributed by atoms with Crippen LogP contribution in [0.25, 0.3) is 0 Å². The summed E-state index contributed by atoms with van der Waals surface area (Å²) in [4.78, 5) is 17.2. The van der Waals surface area contributed by atoms with E-state index in [-0.39, 0.29) is 5.91 Å². The van der Waals surface area contributed by atoms with Gasteiger partial charge in [0.1, 0.15) is 11.5 Å². The van der Waals surface area contributed by atoms with E-state index in [4.69, 9.17) is 4.42 Å². The molecule has 0 spiro atoms. The monoisotopic (exact) mass is 326 g/mol. The summed E-state index contributed by atoms with van der Waals surface area (Å²) >= 11 is 0. The Kier molecular flexibility index (Phi) is 4.39. The van der Waals surface area contributed by atoms with Crippen molar-refractivity contribution in [2.45, 2.75) is 34.6 Å². The summed E-state index contributed by atoms with van der Waals surface area (Å²) in [5.41, 5.74) is 5.64. The van der Waals surface area contributed by atoms with Crippen molar-refractivity contribution in [3.63, 3.8) is 0 Å². The first kappa shape index (κ1) is 16.6. The number of nitrogens with zero attached hydrogens (tertiary/aromatic N) is 2. The van der Waals surface area contributed by atoms with Crippen LogP contribution in [0.3, 0.4) is 0 Å². The van der Waals surface area contributed by atoms with E-state index in [2.05, 4.69) is 36.9 Å². The molecular weight excluding hydrogens is 300 g/mol. The number of anilines is 1. The fraction of sp³-hybridized carbons (Fsp3) is 0.450. The fourth-order valence-corrected chi connectivity index (χ4v) is 3.50. The zero-order valence-corrected chi connectivity index (χ0v) is 15.3. The molecule has 1 aromatic heterocycles. The number of carbonyl (C=O) groups is 1. The van der Waals surface area contributed by atoms with Crippen molar-refractivity contribution < 1.29 is 9.21 Å². The SMILES string of the molecule is Cc1cccc(N2CCN(C(=O)c3c(C)oc(C)c3C)CC2)c1C. The number of rotatable bonds is 2. The van der Waals surface area contributed by atoms with Crippen LogP contribution < -0.4 is 4.90 Å². The van der Waals surface area contributed by atoms with Crippen molar-refractivity contribution in [1.82, 2.24) is 4.90 Å². The Morgan fingerprint density at radius 2 is 1.58 bits per heavy atom. The maximum atomic E-state index is 12.9. The van der Waals surface area contributed by atoms with Gasteiger partial charge >= 0.3 is 0 Å². The zero-order chi connectivity index (χ0) is 17.4. The van der Waals surface area contributed by atoms with Crippen LogP contribution in [0.15, 0.2) is 22.6 Å². The van der Waals surface area contributed by atoms with E-state index in [1.165, 1.54) is 16.8 Å². The molecule has 24 heavy (non-hydrogen) atoms. The highest BCUT2D eigenvalue weighted by Gasteiger charge is 2.27. The highest BCUT2D eigenvalue weighted by atomic mass is 16.3. The van der Waals surface area contributed by atoms with Gasteiger partial charge in [0.15, 0.2) is 0 Å². The van der Waals surface area contributed by atoms with Gasteiger partial charge in [0, 0.05) is 37.4 Å². The van der Waals surface area contributed by atoms with Crippen LogP contribution in [-0.4, -0.2) is 37.0 Å². The topological polar surface area (TPSA) is 36.7 Å². The van der Waals surface area contributed by atoms with Crippen LogP contribution in [-0.2, 0) is 0 Å². The summed E-state index contributed by atoms with van der Waals surface area (Å²) in [6.45, 7) is 13.3. The maximum Gasteiger partial charge on any atom is 0.257 e. The van der Waals surface area contributed by atoms with Gasteiger partial charge in [0.25, 0.3) is 5.91 Å².